The minimum Gasteiger partial charge on any atom is -0.476 e. The zero-order valence-corrected chi connectivity index (χ0v) is 20.1. The number of nitrogens with one attached hydrogen (secondary N) is 1. The van der Waals surface area contributed by atoms with Crippen molar-refractivity contribution < 1.29 is 18.3 Å². The molecule has 0 unspecified atom stereocenters. The zero-order chi connectivity index (χ0) is 25.2. The van der Waals surface area contributed by atoms with E-state index in [1.807, 2.05) is 50.2 Å². The van der Waals surface area contributed by atoms with E-state index in [4.69, 9.17) is 4.74 Å². The lowest BCUT2D eigenvalue weighted by molar-refractivity contribution is 0.0950. The smallest absolute Gasteiger partial charge is 0.254 e. The number of pyridine rings is 1. The molecule has 0 atom stereocenters. The first kappa shape index (κ1) is 23.7. The molecule has 2 aromatic carbocycles. The van der Waals surface area contributed by atoms with Gasteiger partial charge in [0.2, 0.25) is 5.90 Å². The number of aliphatic imine (C=N–C) groups is 1. The van der Waals surface area contributed by atoms with E-state index in [-0.39, 0.29) is 18.4 Å². The van der Waals surface area contributed by atoms with Gasteiger partial charge in [0.05, 0.1) is 29.9 Å². The quantitative estimate of drug-likeness (QED) is 0.389. The normalized spacial score (nSPS) is 13.2. The Bertz CT molecular complexity index is 1440. The number of aromatic nitrogens is 2. The number of rotatable bonds is 7. The fourth-order valence-electron chi connectivity index (χ4n) is 4.66. The fourth-order valence-corrected chi connectivity index (χ4v) is 4.66. The molecule has 5 rings (SSSR count). The summed E-state index contributed by atoms with van der Waals surface area (Å²) in [6, 6.07) is 14.8. The molecule has 1 aliphatic heterocycles. The Balaban J connectivity index is 1.60. The number of hydrogen-bond acceptors (Lipinski definition) is 4. The number of carbonyl (C=O) groups excluding carboxylic acids is 1. The van der Waals surface area contributed by atoms with Gasteiger partial charge in [-0.3, -0.25) is 9.78 Å². The molecular formula is C28H26F2N4O2. The van der Waals surface area contributed by atoms with E-state index in [1.165, 1.54) is 12.1 Å². The monoisotopic (exact) mass is 488 g/mol. The number of benzene rings is 2. The van der Waals surface area contributed by atoms with Crippen molar-refractivity contribution in [3.05, 3.63) is 101 Å². The van der Waals surface area contributed by atoms with Crippen LogP contribution in [0.1, 0.15) is 52.6 Å². The second kappa shape index (κ2) is 9.89. The van der Waals surface area contributed by atoms with Crippen LogP contribution in [0.5, 0.6) is 0 Å². The Hall–Kier alpha value is -4.07. The number of amides is 1. The maximum absolute atomic E-state index is 13.6. The highest BCUT2D eigenvalue weighted by Gasteiger charge is 2.26. The van der Waals surface area contributed by atoms with Crippen LogP contribution in [0.2, 0.25) is 0 Å². The van der Waals surface area contributed by atoms with Gasteiger partial charge < -0.3 is 14.6 Å². The molecular weight excluding hydrogens is 462 g/mol. The highest BCUT2D eigenvalue weighted by molar-refractivity contribution is 6.10. The molecule has 0 fully saturated rings. The Labute approximate surface area is 207 Å². The van der Waals surface area contributed by atoms with Crippen molar-refractivity contribution in [2.24, 2.45) is 4.99 Å². The largest absolute Gasteiger partial charge is 0.476 e. The molecule has 36 heavy (non-hydrogen) atoms. The van der Waals surface area contributed by atoms with Gasteiger partial charge in [0.1, 0.15) is 18.2 Å². The highest BCUT2D eigenvalue weighted by atomic mass is 19.1. The van der Waals surface area contributed by atoms with Gasteiger partial charge >= 0.3 is 0 Å². The maximum atomic E-state index is 13.6. The maximum Gasteiger partial charge on any atom is 0.254 e. The van der Waals surface area contributed by atoms with Crippen LogP contribution < -0.4 is 5.32 Å². The summed E-state index contributed by atoms with van der Waals surface area (Å²) < 4.78 is 35.1. The first-order chi connectivity index (χ1) is 17.4. The van der Waals surface area contributed by atoms with Crippen molar-refractivity contribution in [1.29, 1.82) is 0 Å². The van der Waals surface area contributed by atoms with Crippen molar-refractivity contribution in [3.8, 4) is 0 Å². The summed E-state index contributed by atoms with van der Waals surface area (Å²) in [6.07, 6.45) is 1.74. The number of nitrogens with zero attached hydrogens (tertiary/aromatic N) is 3. The van der Waals surface area contributed by atoms with Crippen LogP contribution in [0.15, 0.2) is 65.8 Å². The van der Waals surface area contributed by atoms with E-state index in [1.54, 1.807) is 6.20 Å². The van der Waals surface area contributed by atoms with E-state index < -0.39 is 11.6 Å². The number of halogens is 2. The Morgan fingerprint density at radius 3 is 2.58 bits per heavy atom. The molecule has 1 N–H and O–H groups in total. The van der Waals surface area contributed by atoms with Gasteiger partial charge in [0, 0.05) is 35.5 Å². The number of carbonyl (C=O) groups is 1. The van der Waals surface area contributed by atoms with Gasteiger partial charge in [-0.1, -0.05) is 26.0 Å². The molecule has 1 aliphatic rings. The summed E-state index contributed by atoms with van der Waals surface area (Å²) in [4.78, 5) is 22.5. The van der Waals surface area contributed by atoms with E-state index in [0.717, 1.165) is 33.9 Å². The molecule has 0 saturated carbocycles. The minimum absolute atomic E-state index is 0.000687. The Kier molecular flexibility index (Phi) is 6.50. The summed E-state index contributed by atoms with van der Waals surface area (Å²) in [5, 5.41) is 3.63. The Morgan fingerprint density at radius 1 is 1.11 bits per heavy atom. The topological polar surface area (TPSA) is 68.5 Å². The van der Waals surface area contributed by atoms with Crippen LogP contribution in [0.4, 0.5) is 8.78 Å². The number of fused-ring (bicyclic) bond motifs is 1. The third-order valence-electron chi connectivity index (χ3n) is 6.13. The van der Waals surface area contributed by atoms with Gasteiger partial charge in [-0.05, 0) is 47.9 Å². The third-order valence-corrected chi connectivity index (χ3v) is 6.13. The lowest BCUT2D eigenvalue weighted by atomic mass is 10.0. The van der Waals surface area contributed by atoms with E-state index in [2.05, 4.69) is 19.9 Å². The van der Waals surface area contributed by atoms with Crippen LogP contribution in [-0.2, 0) is 17.8 Å². The zero-order valence-electron chi connectivity index (χ0n) is 20.1. The average Bonchev–Trinajstić information content (AvgIpc) is 3.49. The molecule has 4 aromatic rings. The molecule has 8 heteroatoms. The van der Waals surface area contributed by atoms with Crippen molar-refractivity contribution in [1.82, 2.24) is 14.9 Å². The summed E-state index contributed by atoms with van der Waals surface area (Å²) in [6.45, 7) is 5.71. The standard InChI is InChI=1S/C28H26F2N4O2/c1-17(2)26-25(27(35)33-15-18-11-20(29)14-21(30)12-18)23-7-6-19(28-32-9-10-36-28)13-24(23)34(26)16-22-5-3-4-8-31-22/h3-8,11-14,17H,9-10,15-16H2,1-2H3,(H,33,35). The average molecular weight is 489 g/mol. The molecule has 1 amide bonds. The SMILES string of the molecule is CC(C)c1c(C(=O)NCc2cc(F)cc(F)c2)c2ccc(C3=NCCO3)cc2n1Cc1ccccn1. The Morgan fingerprint density at radius 2 is 1.92 bits per heavy atom. The van der Waals surface area contributed by atoms with Gasteiger partial charge in [-0.25, -0.2) is 13.8 Å². The van der Waals surface area contributed by atoms with Gasteiger partial charge in [0.25, 0.3) is 5.91 Å². The van der Waals surface area contributed by atoms with E-state index in [9.17, 15) is 13.6 Å². The van der Waals surface area contributed by atoms with E-state index >= 15 is 0 Å². The lowest BCUT2D eigenvalue weighted by Crippen LogP contribution is -2.24. The van der Waals surface area contributed by atoms with Gasteiger partial charge in [-0.15, -0.1) is 0 Å². The van der Waals surface area contributed by atoms with Crippen LogP contribution in [0.25, 0.3) is 10.9 Å². The summed E-state index contributed by atoms with van der Waals surface area (Å²) in [5.74, 6) is -1.07. The molecule has 0 aliphatic carbocycles. The van der Waals surface area contributed by atoms with Gasteiger partial charge in [-0.2, -0.15) is 0 Å². The van der Waals surface area contributed by atoms with Crippen molar-refractivity contribution in [2.75, 3.05) is 13.2 Å². The van der Waals surface area contributed by atoms with Crippen molar-refractivity contribution in [3.63, 3.8) is 0 Å². The number of ether oxygens (including phenoxy) is 1. The van der Waals surface area contributed by atoms with Crippen molar-refractivity contribution >= 4 is 22.7 Å². The molecule has 6 nitrogen and oxygen atoms in total. The minimum atomic E-state index is -0.682. The van der Waals surface area contributed by atoms with E-state index in [0.29, 0.717) is 36.7 Å². The van der Waals surface area contributed by atoms with Crippen LogP contribution in [-0.4, -0.2) is 34.5 Å². The predicted octanol–water partition coefficient (Wildman–Crippen LogP) is 5.19. The second-order valence-electron chi connectivity index (χ2n) is 9.05. The lowest BCUT2D eigenvalue weighted by Gasteiger charge is -2.15. The summed E-state index contributed by atoms with van der Waals surface area (Å²) >= 11 is 0. The van der Waals surface area contributed by atoms with Crippen molar-refractivity contribution in [2.45, 2.75) is 32.9 Å². The molecule has 2 aromatic heterocycles. The second-order valence-corrected chi connectivity index (χ2v) is 9.05. The molecule has 0 saturated heterocycles. The summed E-state index contributed by atoms with van der Waals surface area (Å²) in [5.41, 5.74) is 4.30. The fraction of sp³-hybridized carbons (Fsp3) is 0.250. The highest BCUT2D eigenvalue weighted by Crippen LogP contribution is 2.33. The van der Waals surface area contributed by atoms with Crippen LogP contribution >= 0.6 is 0 Å². The first-order valence-electron chi connectivity index (χ1n) is 11.9. The van der Waals surface area contributed by atoms with Crippen LogP contribution in [0.3, 0.4) is 0 Å². The van der Waals surface area contributed by atoms with Crippen LogP contribution in [0, 0.1) is 11.6 Å². The predicted molar refractivity (Wildman–Crippen MR) is 134 cm³/mol. The molecule has 0 spiro atoms. The molecule has 184 valence electrons. The third kappa shape index (κ3) is 4.71. The summed E-state index contributed by atoms with van der Waals surface area (Å²) in [7, 11) is 0. The molecule has 0 radical (unpaired) electrons. The molecule has 3 heterocycles. The van der Waals surface area contributed by atoms with Gasteiger partial charge in [0.15, 0.2) is 0 Å². The first-order valence-corrected chi connectivity index (χ1v) is 11.9. The molecule has 0 bridgehead atoms. The number of hydrogen-bond donors (Lipinski definition) is 1.